The molecule has 1 rings (SSSR count). The molecule has 0 aliphatic rings. The van der Waals surface area contributed by atoms with Gasteiger partial charge in [-0.2, -0.15) is 0 Å². The Morgan fingerprint density at radius 3 is 3.00 bits per heavy atom. The molecule has 0 aliphatic carbocycles. The van der Waals surface area contributed by atoms with Crippen LogP contribution in [0.1, 0.15) is 37.3 Å². The van der Waals surface area contributed by atoms with Gasteiger partial charge >= 0.3 is 0 Å². The van der Waals surface area contributed by atoms with Crippen molar-refractivity contribution in [1.82, 2.24) is 9.55 Å². The second-order valence-corrected chi connectivity index (χ2v) is 3.84. The minimum Gasteiger partial charge on any atom is -0.330 e. The lowest BCUT2D eigenvalue weighted by Crippen LogP contribution is -2.14. The Kier molecular flexibility index (Phi) is 4.49. The first-order valence-corrected chi connectivity index (χ1v) is 5.43. The molecule has 1 aromatic heterocycles. The third-order valence-electron chi connectivity index (χ3n) is 2.57. The molecule has 0 radical (unpaired) electrons. The molecule has 0 spiro atoms. The highest BCUT2D eigenvalue weighted by molar-refractivity contribution is 5.92. The van der Waals surface area contributed by atoms with Crippen molar-refractivity contribution in [3.8, 4) is 0 Å². The second kappa shape index (κ2) is 5.66. The topological polar surface area (TPSA) is 60.9 Å². The number of rotatable bonds is 6. The monoisotopic (exact) mass is 209 g/mol. The number of aryl methyl sites for hydroxylation is 1. The van der Waals surface area contributed by atoms with Crippen molar-refractivity contribution in [3.05, 3.63) is 18.2 Å². The van der Waals surface area contributed by atoms with Gasteiger partial charge in [0.15, 0.2) is 11.6 Å². The first-order chi connectivity index (χ1) is 7.19. The van der Waals surface area contributed by atoms with E-state index in [1.165, 1.54) is 0 Å². The van der Waals surface area contributed by atoms with Crippen molar-refractivity contribution in [2.45, 2.75) is 33.2 Å². The van der Waals surface area contributed by atoms with Crippen molar-refractivity contribution in [3.63, 3.8) is 0 Å². The zero-order valence-corrected chi connectivity index (χ0v) is 9.44. The molecule has 0 saturated heterocycles. The smallest absolute Gasteiger partial charge is 0.198 e. The molecule has 0 fully saturated rings. The lowest BCUT2D eigenvalue weighted by Gasteiger charge is -2.07. The quantitative estimate of drug-likeness (QED) is 0.721. The molecule has 4 heteroatoms. The number of nitrogens with zero attached hydrogens (tertiary/aromatic N) is 2. The highest BCUT2D eigenvalue weighted by Crippen LogP contribution is 2.08. The molecule has 84 valence electrons. The van der Waals surface area contributed by atoms with Gasteiger partial charge in [-0.1, -0.05) is 6.92 Å². The average Bonchev–Trinajstić information content (AvgIpc) is 2.73. The molecular formula is C11H19N3O. The fraction of sp³-hybridized carbons (Fsp3) is 0.636. The fourth-order valence-electron chi connectivity index (χ4n) is 1.42. The number of nitrogens with two attached hydrogens (primary N) is 1. The van der Waals surface area contributed by atoms with E-state index in [0.717, 1.165) is 13.0 Å². The van der Waals surface area contributed by atoms with Crippen molar-refractivity contribution >= 4 is 5.78 Å². The summed E-state index contributed by atoms with van der Waals surface area (Å²) in [5.74, 6) is 1.09. The minimum absolute atomic E-state index is 0.113. The Morgan fingerprint density at radius 2 is 2.40 bits per heavy atom. The molecule has 0 bridgehead atoms. The van der Waals surface area contributed by atoms with Crippen molar-refractivity contribution in [2.75, 3.05) is 6.54 Å². The molecule has 15 heavy (non-hydrogen) atoms. The zero-order chi connectivity index (χ0) is 11.3. The maximum Gasteiger partial charge on any atom is 0.198 e. The van der Waals surface area contributed by atoms with Gasteiger partial charge in [0.25, 0.3) is 0 Å². The number of hydrogen-bond donors (Lipinski definition) is 1. The van der Waals surface area contributed by atoms with Gasteiger partial charge in [0, 0.05) is 25.4 Å². The first-order valence-electron chi connectivity index (χ1n) is 5.43. The number of carbonyl (C=O) groups excluding carboxylic acids is 1. The molecule has 1 aromatic rings. The van der Waals surface area contributed by atoms with Crippen LogP contribution in [-0.2, 0) is 6.54 Å². The SMILES string of the molecule is CCn1ccnc1C(=O)CCC(C)CN. The third-order valence-corrected chi connectivity index (χ3v) is 2.57. The maximum atomic E-state index is 11.8. The van der Waals surface area contributed by atoms with E-state index in [4.69, 9.17) is 5.73 Å². The summed E-state index contributed by atoms with van der Waals surface area (Å²) in [7, 11) is 0. The largest absolute Gasteiger partial charge is 0.330 e. The van der Waals surface area contributed by atoms with E-state index >= 15 is 0 Å². The van der Waals surface area contributed by atoms with Crippen LogP contribution in [0.2, 0.25) is 0 Å². The van der Waals surface area contributed by atoms with Crippen LogP contribution in [0.5, 0.6) is 0 Å². The summed E-state index contributed by atoms with van der Waals surface area (Å²) < 4.78 is 1.87. The van der Waals surface area contributed by atoms with Crippen LogP contribution >= 0.6 is 0 Å². The second-order valence-electron chi connectivity index (χ2n) is 3.84. The van der Waals surface area contributed by atoms with Crippen LogP contribution in [0.4, 0.5) is 0 Å². The molecule has 1 atom stereocenters. The van der Waals surface area contributed by atoms with Gasteiger partial charge in [-0.15, -0.1) is 0 Å². The van der Waals surface area contributed by atoms with E-state index in [-0.39, 0.29) is 5.78 Å². The van der Waals surface area contributed by atoms with Gasteiger partial charge in [-0.05, 0) is 25.8 Å². The minimum atomic E-state index is 0.113. The van der Waals surface area contributed by atoms with E-state index in [1.807, 2.05) is 17.7 Å². The molecule has 0 aromatic carbocycles. The Labute approximate surface area is 90.5 Å². The Hall–Kier alpha value is -1.16. The van der Waals surface area contributed by atoms with Gasteiger partial charge < -0.3 is 10.3 Å². The standard InChI is InChI=1S/C11H19N3O/c1-3-14-7-6-13-11(14)10(15)5-4-9(2)8-12/h6-7,9H,3-5,8,12H2,1-2H3. The summed E-state index contributed by atoms with van der Waals surface area (Å²) in [5.41, 5.74) is 5.50. The predicted molar refractivity (Wildman–Crippen MR) is 59.7 cm³/mol. The zero-order valence-electron chi connectivity index (χ0n) is 9.44. The summed E-state index contributed by atoms with van der Waals surface area (Å²) in [6, 6.07) is 0. The van der Waals surface area contributed by atoms with Crippen LogP contribution in [0.3, 0.4) is 0 Å². The average molecular weight is 209 g/mol. The van der Waals surface area contributed by atoms with Gasteiger partial charge in [-0.3, -0.25) is 4.79 Å². The van der Waals surface area contributed by atoms with Crippen LogP contribution < -0.4 is 5.73 Å². The summed E-state index contributed by atoms with van der Waals surface area (Å²) in [6.45, 7) is 5.48. The summed E-state index contributed by atoms with van der Waals surface area (Å²) in [6.07, 6.45) is 4.88. The summed E-state index contributed by atoms with van der Waals surface area (Å²) in [4.78, 5) is 15.9. The lowest BCUT2D eigenvalue weighted by molar-refractivity contribution is 0.0961. The number of Topliss-reactive ketones (excluding diaryl/α,β-unsaturated/α-hetero) is 1. The van der Waals surface area contributed by atoms with Gasteiger partial charge in [0.2, 0.25) is 0 Å². The molecule has 1 heterocycles. The molecular weight excluding hydrogens is 190 g/mol. The Bertz CT molecular complexity index is 319. The number of aromatic nitrogens is 2. The van der Waals surface area contributed by atoms with Crippen LogP contribution in [0.15, 0.2) is 12.4 Å². The van der Waals surface area contributed by atoms with Crippen molar-refractivity contribution < 1.29 is 4.79 Å². The third kappa shape index (κ3) is 3.16. The summed E-state index contributed by atoms with van der Waals surface area (Å²) >= 11 is 0. The molecule has 2 N–H and O–H groups in total. The van der Waals surface area contributed by atoms with Crippen LogP contribution in [0.25, 0.3) is 0 Å². The van der Waals surface area contributed by atoms with Gasteiger partial charge in [-0.25, -0.2) is 4.98 Å². The number of ketones is 1. The molecule has 0 saturated carbocycles. The van der Waals surface area contributed by atoms with Crippen molar-refractivity contribution in [1.29, 1.82) is 0 Å². The van der Waals surface area contributed by atoms with Gasteiger partial charge in [0.1, 0.15) is 0 Å². The lowest BCUT2D eigenvalue weighted by atomic mass is 10.0. The number of carbonyl (C=O) groups is 1. The molecule has 1 unspecified atom stereocenters. The molecule has 0 amide bonds. The van der Waals surface area contributed by atoms with E-state index in [0.29, 0.717) is 24.7 Å². The number of hydrogen-bond acceptors (Lipinski definition) is 3. The van der Waals surface area contributed by atoms with Crippen LogP contribution in [-0.4, -0.2) is 21.9 Å². The Morgan fingerprint density at radius 1 is 1.67 bits per heavy atom. The maximum absolute atomic E-state index is 11.8. The molecule has 4 nitrogen and oxygen atoms in total. The van der Waals surface area contributed by atoms with E-state index in [2.05, 4.69) is 11.9 Å². The summed E-state index contributed by atoms with van der Waals surface area (Å²) in [5, 5.41) is 0. The predicted octanol–water partition coefficient (Wildman–Crippen LogP) is 1.46. The van der Waals surface area contributed by atoms with Crippen LogP contribution in [0, 0.1) is 5.92 Å². The van der Waals surface area contributed by atoms with Gasteiger partial charge in [0.05, 0.1) is 0 Å². The van der Waals surface area contributed by atoms with E-state index < -0.39 is 0 Å². The van der Waals surface area contributed by atoms with E-state index in [9.17, 15) is 4.79 Å². The fourth-order valence-corrected chi connectivity index (χ4v) is 1.42. The highest BCUT2D eigenvalue weighted by Gasteiger charge is 2.12. The Balaban J connectivity index is 2.54. The number of imidazole rings is 1. The van der Waals surface area contributed by atoms with E-state index in [1.54, 1.807) is 6.20 Å². The van der Waals surface area contributed by atoms with Crippen molar-refractivity contribution in [2.24, 2.45) is 11.7 Å². The first kappa shape index (κ1) is 11.9. The molecule has 0 aliphatic heterocycles. The highest BCUT2D eigenvalue weighted by atomic mass is 16.1. The normalized spacial score (nSPS) is 12.7.